The Morgan fingerprint density at radius 1 is 1.17 bits per heavy atom. The van der Waals surface area contributed by atoms with Crippen molar-refractivity contribution in [3.8, 4) is 0 Å². The van der Waals surface area contributed by atoms with Crippen LogP contribution in [0.2, 0.25) is 0 Å². The number of unbranched alkanes of at least 4 members (excludes halogenated alkanes) is 4. The summed E-state index contributed by atoms with van der Waals surface area (Å²) in [6.45, 7) is 2.10. The fourth-order valence-electron chi connectivity index (χ4n) is 0.888. The summed E-state index contributed by atoms with van der Waals surface area (Å²) >= 11 is 0. The van der Waals surface area contributed by atoms with E-state index in [0.29, 0.717) is 6.42 Å². The predicted molar refractivity (Wildman–Crippen MR) is 53.2 cm³/mol. The van der Waals surface area contributed by atoms with Gasteiger partial charge in [-0.15, -0.1) is 0 Å². The Hall–Kier alpha value is 1.17. The van der Waals surface area contributed by atoms with Crippen molar-refractivity contribution in [3.63, 3.8) is 0 Å². The predicted octanol–water partition coefficient (Wildman–Crippen LogP) is 1.69. The van der Waals surface area contributed by atoms with Crippen LogP contribution in [-0.2, 0) is 10.1 Å². The van der Waals surface area contributed by atoms with Crippen molar-refractivity contribution in [2.45, 2.75) is 39.0 Å². The summed E-state index contributed by atoms with van der Waals surface area (Å²) in [7, 11) is -3.71. The molecule has 5 heteroatoms. The average molecular weight is 222 g/mol. The van der Waals surface area contributed by atoms with Gasteiger partial charge in [0.1, 0.15) is 0 Å². The van der Waals surface area contributed by atoms with Crippen LogP contribution >= 0.6 is 0 Å². The van der Waals surface area contributed by atoms with Crippen LogP contribution in [0.25, 0.3) is 0 Å². The Labute approximate surface area is 108 Å². The van der Waals surface area contributed by atoms with Crippen molar-refractivity contribution in [1.29, 1.82) is 0 Å². The molecule has 0 saturated carbocycles. The molecule has 0 radical (unpaired) electrons. The number of hydrogen-bond acceptors (Lipinski definition) is 2. The summed E-state index contributed by atoms with van der Waals surface area (Å²) in [6.07, 6.45) is 4.83. The van der Waals surface area contributed by atoms with E-state index in [1.807, 2.05) is 0 Å². The van der Waals surface area contributed by atoms with Gasteiger partial charge < -0.3 is 2.85 Å². The molecule has 0 atom stereocenters. The quantitative estimate of drug-likeness (QED) is 0.423. The third-order valence-corrected chi connectivity index (χ3v) is 2.31. The maximum Gasteiger partial charge on any atom is 2.00 e. The molecule has 1 N–H and O–H groups in total. The third kappa shape index (κ3) is 13.7. The molecule has 0 aliphatic heterocycles. The summed E-state index contributed by atoms with van der Waals surface area (Å²) in [4.78, 5) is 0. The first-order valence-electron chi connectivity index (χ1n) is 4.01. The van der Waals surface area contributed by atoms with Crippen LogP contribution in [0, 0.1) is 0 Å². The molecule has 0 heterocycles. The van der Waals surface area contributed by atoms with Crippen LogP contribution in [-0.4, -0.2) is 56.5 Å². The molecule has 3 nitrogen and oxygen atoms in total. The van der Waals surface area contributed by atoms with Crippen molar-refractivity contribution >= 4 is 47.9 Å². The second-order valence-electron chi connectivity index (χ2n) is 2.70. The number of hydrogen-bond donors (Lipinski definition) is 1. The molecule has 0 aromatic rings. The van der Waals surface area contributed by atoms with E-state index in [1.165, 1.54) is 0 Å². The van der Waals surface area contributed by atoms with E-state index in [1.54, 1.807) is 0 Å². The summed E-state index contributed by atoms with van der Waals surface area (Å²) in [6, 6.07) is 0. The van der Waals surface area contributed by atoms with Gasteiger partial charge in [-0.1, -0.05) is 32.6 Å². The van der Waals surface area contributed by atoms with Gasteiger partial charge in [0.2, 0.25) is 0 Å². The van der Waals surface area contributed by atoms with Crippen molar-refractivity contribution < 1.29 is 15.8 Å². The zero-order chi connectivity index (χ0) is 8.74. The van der Waals surface area contributed by atoms with Gasteiger partial charge in [0.15, 0.2) is 0 Å². The standard InChI is InChI=1S/C7H16O3S.Ca.2H/c1-2-3-4-5-6-7-11(8,9)10;;;/h2-7H2,1H3,(H,8,9,10);;;/q;+2;2*-1. The second kappa shape index (κ2) is 8.75. The van der Waals surface area contributed by atoms with E-state index >= 15 is 0 Å². The van der Waals surface area contributed by atoms with Gasteiger partial charge in [0.05, 0.1) is 5.75 Å². The molecule has 72 valence electrons. The van der Waals surface area contributed by atoms with E-state index in [-0.39, 0.29) is 46.3 Å². The molecule has 0 amide bonds. The summed E-state index contributed by atoms with van der Waals surface area (Å²) < 4.78 is 28.8. The zero-order valence-electron chi connectivity index (χ0n) is 9.62. The molecule has 0 aliphatic carbocycles. The molecule has 0 saturated heterocycles. The monoisotopic (exact) mass is 222 g/mol. The minimum Gasteiger partial charge on any atom is -1.00 e. The molecule has 0 aromatic carbocycles. The van der Waals surface area contributed by atoms with Crippen molar-refractivity contribution in [1.82, 2.24) is 0 Å². The second-order valence-corrected chi connectivity index (χ2v) is 4.27. The minimum atomic E-state index is -3.71. The minimum absolute atomic E-state index is 0. The number of rotatable bonds is 6. The largest absolute Gasteiger partial charge is 2.00 e. The molecule has 0 bridgehead atoms. The van der Waals surface area contributed by atoms with Gasteiger partial charge >= 0.3 is 37.7 Å². The molecule has 0 fully saturated rings. The molecule has 0 spiro atoms. The van der Waals surface area contributed by atoms with Crippen molar-refractivity contribution in [2.75, 3.05) is 5.75 Å². The molecule has 12 heavy (non-hydrogen) atoms. The van der Waals surface area contributed by atoms with Gasteiger partial charge in [0.25, 0.3) is 10.1 Å². The Morgan fingerprint density at radius 3 is 2.08 bits per heavy atom. The molecule has 0 unspecified atom stereocenters. The summed E-state index contributed by atoms with van der Waals surface area (Å²) in [5.41, 5.74) is 0. The first-order chi connectivity index (χ1) is 5.06. The molecular weight excluding hydrogens is 204 g/mol. The summed E-state index contributed by atoms with van der Waals surface area (Å²) in [5.74, 6) is -0.0866. The maximum absolute atomic E-state index is 10.2. The third-order valence-electron chi connectivity index (χ3n) is 1.51. The zero-order valence-corrected chi connectivity index (χ0v) is 10.6. The Kier molecular flexibility index (Phi) is 11.4. The van der Waals surface area contributed by atoms with E-state index in [4.69, 9.17) is 4.55 Å². The van der Waals surface area contributed by atoms with Gasteiger partial charge in [-0.25, -0.2) is 0 Å². The van der Waals surface area contributed by atoms with Gasteiger partial charge in [-0.3, -0.25) is 4.55 Å². The Morgan fingerprint density at radius 2 is 1.67 bits per heavy atom. The normalized spacial score (nSPS) is 10.8. The van der Waals surface area contributed by atoms with E-state index in [0.717, 1.165) is 25.7 Å². The maximum atomic E-state index is 10.2. The molecule has 0 aliphatic rings. The fraction of sp³-hybridized carbons (Fsp3) is 1.00. The van der Waals surface area contributed by atoms with Crippen molar-refractivity contribution in [3.05, 3.63) is 0 Å². The first kappa shape index (κ1) is 15.6. The average Bonchev–Trinajstić information content (AvgIpc) is 1.85. The van der Waals surface area contributed by atoms with Crippen LogP contribution in [0.3, 0.4) is 0 Å². The van der Waals surface area contributed by atoms with E-state index in [2.05, 4.69) is 6.92 Å². The first-order valence-corrected chi connectivity index (χ1v) is 5.62. The van der Waals surface area contributed by atoms with E-state index < -0.39 is 10.1 Å². The van der Waals surface area contributed by atoms with Gasteiger partial charge in [-0.05, 0) is 6.42 Å². The SMILES string of the molecule is CCCCCCCS(=O)(=O)O.[Ca+2].[H-].[H-]. The van der Waals surface area contributed by atoms with Gasteiger partial charge in [0, 0.05) is 0 Å². The van der Waals surface area contributed by atoms with Crippen LogP contribution in [0.15, 0.2) is 0 Å². The Balaban J connectivity index is -0.000000167. The van der Waals surface area contributed by atoms with E-state index in [9.17, 15) is 8.42 Å². The van der Waals surface area contributed by atoms with Crippen LogP contribution in [0.1, 0.15) is 41.9 Å². The summed E-state index contributed by atoms with van der Waals surface area (Å²) in [5, 5.41) is 0. The van der Waals surface area contributed by atoms with Crippen LogP contribution in [0.4, 0.5) is 0 Å². The Bertz CT molecular complexity index is 185. The van der Waals surface area contributed by atoms with Crippen LogP contribution < -0.4 is 0 Å². The topological polar surface area (TPSA) is 54.4 Å². The fourth-order valence-corrected chi connectivity index (χ4v) is 1.46. The van der Waals surface area contributed by atoms with Gasteiger partial charge in [-0.2, -0.15) is 8.42 Å². The smallest absolute Gasteiger partial charge is 1.00 e. The van der Waals surface area contributed by atoms with Crippen LogP contribution in [0.5, 0.6) is 0 Å². The van der Waals surface area contributed by atoms with Crippen molar-refractivity contribution in [2.24, 2.45) is 0 Å². The molecule has 0 rings (SSSR count). The molecular formula is C7H18CaO3S. The molecule has 0 aromatic heterocycles.